The highest BCUT2D eigenvalue weighted by Gasteiger charge is 2.18. The van der Waals surface area contributed by atoms with Crippen LogP contribution in [0.15, 0.2) is 60.8 Å². The number of fused-ring (bicyclic) bond motifs is 1. The molecule has 0 spiro atoms. The van der Waals surface area contributed by atoms with Gasteiger partial charge in [-0.15, -0.1) is 0 Å². The van der Waals surface area contributed by atoms with E-state index in [2.05, 4.69) is 53.3 Å². The van der Waals surface area contributed by atoms with Crippen LogP contribution in [0.25, 0.3) is 0 Å². The number of para-hydroxylation sites is 1. The molecule has 0 bridgehead atoms. The molecule has 1 aromatic heterocycles. The number of nitrogens with zero attached hydrogens (tertiary/aromatic N) is 2. The summed E-state index contributed by atoms with van der Waals surface area (Å²) in [5.74, 6) is 1.56. The highest BCUT2D eigenvalue weighted by Crippen LogP contribution is 2.33. The number of aromatic nitrogens is 1. The zero-order chi connectivity index (χ0) is 21.6. The molecule has 0 unspecified atom stereocenters. The quantitative estimate of drug-likeness (QED) is 0.508. The molecule has 0 saturated heterocycles. The molecule has 0 saturated carbocycles. The zero-order valence-electron chi connectivity index (χ0n) is 17.9. The van der Waals surface area contributed by atoms with Gasteiger partial charge in [0.2, 0.25) is 6.79 Å². The molecule has 2 aromatic carbocycles. The van der Waals surface area contributed by atoms with Gasteiger partial charge in [-0.05, 0) is 66.0 Å². The third-order valence-electron chi connectivity index (χ3n) is 5.41. The molecule has 0 amide bonds. The molecule has 1 aliphatic heterocycles. The van der Waals surface area contributed by atoms with Gasteiger partial charge >= 0.3 is 0 Å². The van der Waals surface area contributed by atoms with E-state index >= 15 is 0 Å². The molecule has 0 aliphatic carbocycles. The Kier molecular flexibility index (Phi) is 6.67. The van der Waals surface area contributed by atoms with Gasteiger partial charge in [0, 0.05) is 18.4 Å². The van der Waals surface area contributed by atoms with E-state index in [4.69, 9.17) is 21.7 Å². The number of pyridine rings is 1. The second-order valence-electron chi connectivity index (χ2n) is 7.45. The van der Waals surface area contributed by atoms with Crippen molar-refractivity contribution in [3.05, 3.63) is 83.2 Å². The minimum Gasteiger partial charge on any atom is -0.454 e. The first-order valence-corrected chi connectivity index (χ1v) is 11.0. The SMILES string of the molecule is CCc1cccc(CC)c1NC(=S)N(Cc1ccc2c(c1)OCO2)Cc1ccccn1. The highest BCUT2D eigenvalue weighted by molar-refractivity contribution is 7.80. The maximum atomic E-state index is 5.90. The molecule has 3 aromatic rings. The van der Waals surface area contributed by atoms with Crippen molar-refractivity contribution in [1.82, 2.24) is 9.88 Å². The van der Waals surface area contributed by atoms with E-state index < -0.39 is 0 Å². The molecule has 31 heavy (non-hydrogen) atoms. The van der Waals surface area contributed by atoms with E-state index in [1.54, 1.807) is 0 Å². The average molecular weight is 434 g/mol. The van der Waals surface area contributed by atoms with Crippen LogP contribution in [-0.4, -0.2) is 21.8 Å². The van der Waals surface area contributed by atoms with Gasteiger partial charge in [0.15, 0.2) is 16.6 Å². The fraction of sp³-hybridized carbons (Fsp3) is 0.280. The van der Waals surface area contributed by atoms with Crippen LogP contribution in [0.5, 0.6) is 11.5 Å². The van der Waals surface area contributed by atoms with Crippen molar-refractivity contribution in [2.24, 2.45) is 0 Å². The largest absolute Gasteiger partial charge is 0.454 e. The Morgan fingerprint density at radius 2 is 1.74 bits per heavy atom. The van der Waals surface area contributed by atoms with E-state index in [9.17, 15) is 0 Å². The van der Waals surface area contributed by atoms with Crippen LogP contribution >= 0.6 is 12.2 Å². The van der Waals surface area contributed by atoms with Crippen molar-refractivity contribution >= 4 is 23.0 Å². The fourth-order valence-electron chi connectivity index (χ4n) is 3.74. The maximum Gasteiger partial charge on any atom is 0.231 e. The number of hydrogen-bond donors (Lipinski definition) is 1. The number of thiocarbonyl (C=S) groups is 1. The number of rotatable bonds is 7. The Morgan fingerprint density at radius 1 is 0.968 bits per heavy atom. The molecule has 0 atom stereocenters. The normalized spacial score (nSPS) is 11.9. The predicted molar refractivity (Wildman–Crippen MR) is 127 cm³/mol. The van der Waals surface area contributed by atoms with Crippen molar-refractivity contribution in [3.63, 3.8) is 0 Å². The van der Waals surface area contributed by atoms with E-state index in [1.807, 2.05) is 36.5 Å². The Hall–Kier alpha value is -3.12. The predicted octanol–water partition coefficient (Wildman–Crippen LogP) is 5.33. The molecule has 6 heteroatoms. The standard InChI is InChI=1S/C25H27N3O2S/c1-3-19-8-7-9-20(4-2)24(19)27-25(31)28(16-21-10-5-6-13-26-21)15-18-11-12-22-23(14-18)30-17-29-22/h5-14H,3-4,15-17H2,1-2H3,(H,27,31). The number of benzene rings is 2. The van der Waals surface area contributed by atoms with Gasteiger partial charge < -0.3 is 19.7 Å². The van der Waals surface area contributed by atoms with Crippen molar-refractivity contribution in [1.29, 1.82) is 0 Å². The summed E-state index contributed by atoms with van der Waals surface area (Å²) >= 11 is 5.90. The van der Waals surface area contributed by atoms with Gasteiger partial charge in [0.05, 0.1) is 12.2 Å². The van der Waals surface area contributed by atoms with Gasteiger partial charge in [-0.25, -0.2) is 0 Å². The molecular weight excluding hydrogens is 406 g/mol. The van der Waals surface area contributed by atoms with Crippen LogP contribution in [0.2, 0.25) is 0 Å². The van der Waals surface area contributed by atoms with E-state index in [0.29, 0.717) is 18.2 Å². The van der Waals surface area contributed by atoms with Crippen LogP contribution < -0.4 is 14.8 Å². The lowest BCUT2D eigenvalue weighted by Crippen LogP contribution is -2.34. The van der Waals surface area contributed by atoms with Gasteiger partial charge in [0.1, 0.15) is 0 Å². The first-order chi connectivity index (χ1) is 15.2. The molecule has 4 rings (SSSR count). The van der Waals surface area contributed by atoms with Crippen molar-refractivity contribution in [2.45, 2.75) is 39.8 Å². The van der Waals surface area contributed by atoms with Gasteiger partial charge in [-0.1, -0.05) is 44.2 Å². The Morgan fingerprint density at radius 3 is 2.45 bits per heavy atom. The maximum absolute atomic E-state index is 5.90. The minimum absolute atomic E-state index is 0.268. The molecule has 0 fully saturated rings. The van der Waals surface area contributed by atoms with E-state index in [-0.39, 0.29) is 6.79 Å². The Labute approximate surface area is 189 Å². The third-order valence-corrected chi connectivity index (χ3v) is 5.77. The minimum atomic E-state index is 0.268. The van der Waals surface area contributed by atoms with Crippen molar-refractivity contribution < 1.29 is 9.47 Å². The fourth-order valence-corrected chi connectivity index (χ4v) is 3.97. The lowest BCUT2D eigenvalue weighted by atomic mass is 10.0. The summed E-state index contributed by atoms with van der Waals surface area (Å²) < 4.78 is 11.0. The number of anilines is 1. The van der Waals surface area contributed by atoms with Crippen LogP contribution in [-0.2, 0) is 25.9 Å². The average Bonchev–Trinajstić information content (AvgIpc) is 3.27. The van der Waals surface area contributed by atoms with Crippen molar-refractivity contribution in [2.75, 3.05) is 12.1 Å². The topological polar surface area (TPSA) is 46.6 Å². The van der Waals surface area contributed by atoms with Crippen LogP contribution in [0.4, 0.5) is 5.69 Å². The number of aryl methyl sites for hydroxylation is 2. The monoisotopic (exact) mass is 433 g/mol. The second kappa shape index (κ2) is 9.79. The van der Waals surface area contributed by atoms with Crippen molar-refractivity contribution in [3.8, 4) is 11.5 Å². The first-order valence-electron chi connectivity index (χ1n) is 10.6. The summed E-state index contributed by atoms with van der Waals surface area (Å²) in [6.45, 7) is 5.85. The molecule has 2 heterocycles. The molecule has 0 radical (unpaired) electrons. The summed E-state index contributed by atoms with van der Waals surface area (Å²) in [5.41, 5.74) is 5.72. The van der Waals surface area contributed by atoms with Crippen LogP contribution in [0, 0.1) is 0 Å². The zero-order valence-corrected chi connectivity index (χ0v) is 18.7. The Bertz CT molecular complexity index is 1030. The summed E-state index contributed by atoms with van der Waals surface area (Å²) in [6, 6.07) is 18.4. The molecular formula is C25H27N3O2S. The van der Waals surface area contributed by atoms with E-state index in [0.717, 1.165) is 41.3 Å². The third kappa shape index (κ3) is 4.97. The summed E-state index contributed by atoms with van der Waals surface area (Å²) in [6.07, 6.45) is 3.70. The van der Waals surface area contributed by atoms with Crippen LogP contribution in [0.3, 0.4) is 0 Å². The van der Waals surface area contributed by atoms with Gasteiger partial charge in [0.25, 0.3) is 0 Å². The number of hydrogen-bond acceptors (Lipinski definition) is 4. The number of ether oxygens (including phenoxy) is 2. The van der Waals surface area contributed by atoms with Crippen LogP contribution in [0.1, 0.15) is 36.2 Å². The second-order valence-corrected chi connectivity index (χ2v) is 7.84. The molecule has 1 aliphatic rings. The summed E-state index contributed by atoms with van der Waals surface area (Å²) in [7, 11) is 0. The van der Waals surface area contributed by atoms with Gasteiger partial charge in [-0.2, -0.15) is 0 Å². The molecule has 5 nitrogen and oxygen atoms in total. The molecule has 1 N–H and O–H groups in total. The number of nitrogens with one attached hydrogen (secondary N) is 1. The lowest BCUT2D eigenvalue weighted by Gasteiger charge is -2.27. The summed E-state index contributed by atoms with van der Waals surface area (Å²) in [5, 5.41) is 4.23. The highest BCUT2D eigenvalue weighted by atomic mass is 32.1. The molecule has 160 valence electrons. The van der Waals surface area contributed by atoms with E-state index in [1.165, 1.54) is 11.1 Å². The summed E-state index contributed by atoms with van der Waals surface area (Å²) in [4.78, 5) is 6.64. The first kappa shape index (κ1) is 21.1. The Balaban J connectivity index is 1.60. The lowest BCUT2D eigenvalue weighted by molar-refractivity contribution is 0.174. The van der Waals surface area contributed by atoms with Gasteiger partial charge in [-0.3, -0.25) is 4.98 Å². The smallest absolute Gasteiger partial charge is 0.231 e.